The molecule has 2 aliphatic heterocycles. The molecular formula is C16H22ClFN2O2. The Labute approximate surface area is 136 Å². The molecule has 4 nitrogen and oxygen atoms in total. The lowest BCUT2D eigenvalue weighted by Gasteiger charge is -2.38. The summed E-state index contributed by atoms with van der Waals surface area (Å²) in [4.78, 5) is 14.4. The van der Waals surface area contributed by atoms with E-state index in [4.69, 9.17) is 4.74 Å². The fraction of sp³-hybridized carbons (Fsp3) is 0.562. The van der Waals surface area contributed by atoms with Crippen LogP contribution >= 0.6 is 12.4 Å². The molecule has 2 fully saturated rings. The van der Waals surface area contributed by atoms with Gasteiger partial charge in [-0.25, -0.2) is 4.39 Å². The average Bonchev–Trinajstić information content (AvgIpc) is 2.45. The molecule has 0 saturated carbocycles. The van der Waals surface area contributed by atoms with E-state index in [1.54, 1.807) is 6.07 Å². The van der Waals surface area contributed by atoms with Crippen LogP contribution < -0.4 is 5.32 Å². The van der Waals surface area contributed by atoms with Gasteiger partial charge in [0.25, 0.3) is 0 Å². The number of hydrogen-bond donors (Lipinski definition) is 1. The monoisotopic (exact) mass is 328 g/mol. The Balaban J connectivity index is 0.00000176. The Kier molecular flexibility index (Phi) is 5.78. The van der Waals surface area contributed by atoms with Gasteiger partial charge in [0.05, 0.1) is 13.2 Å². The van der Waals surface area contributed by atoms with E-state index in [2.05, 4.69) is 5.32 Å². The van der Waals surface area contributed by atoms with Gasteiger partial charge in [0, 0.05) is 12.5 Å². The maximum atomic E-state index is 13.3. The van der Waals surface area contributed by atoms with Gasteiger partial charge in [0.2, 0.25) is 5.91 Å². The molecule has 0 aliphatic carbocycles. The van der Waals surface area contributed by atoms with Crippen LogP contribution in [0.25, 0.3) is 0 Å². The fourth-order valence-corrected chi connectivity index (χ4v) is 2.91. The summed E-state index contributed by atoms with van der Waals surface area (Å²) < 4.78 is 19.0. The van der Waals surface area contributed by atoms with Gasteiger partial charge >= 0.3 is 0 Å². The first kappa shape index (κ1) is 17.2. The van der Waals surface area contributed by atoms with E-state index >= 15 is 0 Å². The van der Waals surface area contributed by atoms with Gasteiger partial charge in [-0.1, -0.05) is 19.1 Å². The number of hydrogen-bond acceptors (Lipinski definition) is 3. The van der Waals surface area contributed by atoms with Crippen LogP contribution in [0.2, 0.25) is 0 Å². The maximum absolute atomic E-state index is 13.3. The minimum Gasteiger partial charge on any atom is -0.370 e. The fourth-order valence-electron chi connectivity index (χ4n) is 2.91. The van der Waals surface area contributed by atoms with E-state index in [0.717, 1.165) is 18.7 Å². The lowest BCUT2D eigenvalue weighted by Crippen LogP contribution is -2.52. The largest absolute Gasteiger partial charge is 0.370 e. The zero-order chi connectivity index (χ0) is 14.8. The zero-order valence-electron chi connectivity index (χ0n) is 12.6. The molecule has 0 radical (unpaired) electrons. The van der Waals surface area contributed by atoms with E-state index in [-0.39, 0.29) is 36.2 Å². The Bertz CT molecular complexity index is 525. The van der Waals surface area contributed by atoms with Gasteiger partial charge in [-0.2, -0.15) is 0 Å². The first-order chi connectivity index (χ1) is 10.1. The molecule has 0 bridgehead atoms. The van der Waals surface area contributed by atoms with Crippen molar-refractivity contribution in [3.63, 3.8) is 0 Å². The number of nitrogens with one attached hydrogen (secondary N) is 1. The van der Waals surface area contributed by atoms with Crippen molar-refractivity contribution in [2.45, 2.75) is 13.0 Å². The van der Waals surface area contributed by atoms with Crippen molar-refractivity contribution in [2.24, 2.45) is 11.8 Å². The highest BCUT2D eigenvalue weighted by molar-refractivity contribution is 5.85. The van der Waals surface area contributed by atoms with Gasteiger partial charge in [-0.05, 0) is 36.7 Å². The molecule has 1 amide bonds. The second kappa shape index (κ2) is 7.40. The third kappa shape index (κ3) is 3.59. The number of amides is 1. The van der Waals surface area contributed by atoms with Crippen molar-refractivity contribution in [3.05, 3.63) is 35.6 Å². The molecule has 3 rings (SSSR count). The number of ether oxygens (including phenoxy) is 1. The van der Waals surface area contributed by atoms with Crippen molar-refractivity contribution in [1.82, 2.24) is 10.2 Å². The van der Waals surface area contributed by atoms with E-state index in [0.29, 0.717) is 25.6 Å². The SMILES string of the molecule is CC(C(=O)N1CCOC(c2cccc(F)c2)C1)C1CNC1.Cl. The van der Waals surface area contributed by atoms with E-state index in [1.807, 2.05) is 17.9 Å². The van der Waals surface area contributed by atoms with Crippen LogP contribution in [-0.4, -0.2) is 43.6 Å². The van der Waals surface area contributed by atoms with Gasteiger partial charge in [0.15, 0.2) is 0 Å². The highest BCUT2D eigenvalue weighted by atomic mass is 35.5. The summed E-state index contributed by atoms with van der Waals surface area (Å²) in [6.45, 7) is 5.47. The summed E-state index contributed by atoms with van der Waals surface area (Å²) >= 11 is 0. The summed E-state index contributed by atoms with van der Waals surface area (Å²) in [5.41, 5.74) is 0.797. The lowest BCUT2D eigenvalue weighted by molar-refractivity contribution is -0.145. The summed E-state index contributed by atoms with van der Waals surface area (Å²) in [7, 11) is 0. The quantitative estimate of drug-likeness (QED) is 0.923. The van der Waals surface area contributed by atoms with Crippen molar-refractivity contribution in [3.8, 4) is 0 Å². The minimum atomic E-state index is -0.270. The second-order valence-corrected chi connectivity index (χ2v) is 5.91. The standard InChI is InChI=1S/C16H21FN2O2.ClH/c1-11(13-8-18-9-13)16(20)19-5-6-21-15(10-19)12-3-2-4-14(17)7-12;/h2-4,7,11,13,15,18H,5-6,8-10H2,1H3;1H. The zero-order valence-corrected chi connectivity index (χ0v) is 13.4. The highest BCUT2D eigenvalue weighted by Crippen LogP contribution is 2.25. The van der Waals surface area contributed by atoms with Gasteiger partial charge in [-0.3, -0.25) is 4.79 Å². The third-order valence-corrected chi connectivity index (χ3v) is 4.51. The molecular weight excluding hydrogens is 307 g/mol. The van der Waals surface area contributed by atoms with Crippen molar-refractivity contribution in [2.75, 3.05) is 32.8 Å². The van der Waals surface area contributed by atoms with Gasteiger partial charge in [0.1, 0.15) is 11.9 Å². The van der Waals surface area contributed by atoms with Gasteiger partial charge < -0.3 is 15.0 Å². The molecule has 6 heteroatoms. The summed E-state index contributed by atoms with van der Waals surface area (Å²) in [6, 6.07) is 6.43. The molecule has 2 heterocycles. The number of carbonyl (C=O) groups is 1. The molecule has 22 heavy (non-hydrogen) atoms. The van der Waals surface area contributed by atoms with Crippen LogP contribution in [0, 0.1) is 17.7 Å². The summed E-state index contributed by atoms with van der Waals surface area (Å²) in [5, 5.41) is 3.20. The van der Waals surface area contributed by atoms with E-state index < -0.39 is 0 Å². The predicted molar refractivity (Wildman–Crippen MR) is 84.4 cm³/mol. The first-order valence-electron chi connectivity index (χ1n) is 7.51. The smallest absolute Gasteiger partial charge is 0.225 e. The number of nitrogens with zero attached hydrogens (tertiary/aromatic N) is 1. The van der Waals surface area contributed by atoms with E-state index in [1.165, 1.54) is 12.1 Å². The summed E-state index contributed by atoms with van der Waals surface area (Å²) in [6.07, 6.45) is -0.231. The van der Waals surface area contributed by atoms with Gasteiger partial charge in [-0.15, -0.1) is 12.4 Å². The lowest BCUT2D eigenvalue weighted by atomic mass is 9.87. The Morgan fingerprint density at radius 2 is 2.23 bits per heavy atom. The van der Waals surface area contributed by atoms with Crippen LogP contribution in [0.15, 0.2) is 24.3 Å². The van der Waals surface area contributed by atoms with Crippen molar-refractivity contribution >= 4 is 18.3 Å². The molecule has 2 aliphatic rings. The van der Waals surface area contributed by atoms with Crippen LogP contribution in [0.3, 0.4) is 0 Å². The minimum absolute atomic E-state index is 0. The number of halogens is 2. The molecule has 0 aromatic heterocycles. The molecule has 1 aromatic carbocycles. The molecule has 0 spiro atoms. The Morgan fingerprint density at radius 3 is 2.86 bits per heavy atom. The molecule has 2 saturated heterocycles. The Hall–Kier alpha value is -1.17. The van der Waals surface area contributed by atoms with Crippen molar-refractivity contribution < 1.29 is 13.9 Å². The van der Waals surface area contributed by atoms with Crippen LogP contribution in [0.4, 0.5) is 4.39 Å². The van der Waals surface area contributed by atoms with E-state index in [9.17, 15) is 9.18 Å². The van der Waals surface area contributed by atoms with Crippen LogP contribution in [-0.2, 0) is 9.53 Å². The van der Waals surface area contributed by atoms with Crippen molar-refractivity contribution in [1.29, 1.82) is 0 Å². The second-order valence-electron chi connectivity index (χ2n) is 5.91. The molecule has 2 unspecified atom stereocenters. The molecule has 2 atom stereocenters. The highest BCUT2D eigenvalue weighted by Gasteiger charge is 2.34. The maximum Gasteiger partial charge on any atom is 0.225 e. The Morgan fingerprint density at radius 1 is 1.45 bits per heavy atom. The number of rotatable bonds is 3. The third-order valence-electron chi connectivity index (χ3n) is 4.51. The number of morpholine rings is 1. The molecule has 122 valence electrons. The first-order valence-corrected chi connectivity index (χ1v) is 7.51. The number of carbonyl (C=O) groups excluding carboxylic acids is 1. The summed E-state index contributed by atoms with van der Waals surface area (Å²) in [5.74, 6) is 0.394. The normalized spacial score (nSPS) is 23.4. The van der Waals surface area contributed by atoms with Crippen LogP contribution in [0.5, 0.6) is 0 Å². The van der Waals surface area contributed by atoms with Crippen LogP contribution in [0.1, 0.15) is 18.6 Å². The predicted octanol–water partition coefficient (Wildman–Crippen LogP) is 2.00. The molecule has 1 N–H and O–H groups in total. The number of benzene rings is 1. The topological polar surface area (TPSA) is 41.6 Å². The molecule has 1 aromatic rings. The average molecular weight is 329 g/mol.